The Morgan fingerprint density at radius 3 is 2.70 bits per heavy atom. The van der Waals surface area contributed by atoms with E-state index in [0.29, 0.717) is 11.4 Å². The lowest BCUT2D eigenvalue weighted by atomic mass is 10.2. The zero-order chi connectivity index (χ0) is 16.4. The molecule has 0 radical (unpaired) electrons. The number of thiophene rings is 1. The zero-order valence-electron chi connectivity index (χ0n) is 12.9. The van der Waals surface area contributed by atoms with Crippen molar-refractivity contribution in [3.63, 3.8) is 0 Å². The average molecular weight is 347 g/mol. The molecule has 7 heteroatoms. The van der Waals surface area contributed by atoms with Crippen LogP contribution < -0.4 is 5.32 Å². The summed E-state index contributed by atoms with van der Waals surface area (Å²) in [5.41, 5.74) is 0.732. The maximum atomic E-state index is 11.9. The Kier molecular flexibility index (Phi) is 4.32. The smallest absolute Gasteiger partial charge is 0.175 e. The van der Waals surface area contributed by atoms with Gasteiger partial charge in [-0.1, -0.05) is 25.1 Å². The van der Waals surface area contributed by atoms with Crippen LogP contribution in [0.2, 0.25) is 0 Å². The number of nitrogens with one attached hydrogen (secondary N) is 1. The van der Waals surface area contributed by atoms with Crippen molar-refractivity contribution in [3.05, 3.63) is 47.1 Å². The third kappa shape index (κ3) is 3.35. The van der Waals surface area contributed by atoms with E-state index in [2.05, 4.69) is 15.3 Å². The molecule has 0 saturated heterocycles. The Morgan fingerprint density at radius 2 is 1.96 bits per heavy atom. The van der Waals surface area contributed by atoms with Crippen LogP contribution in [-0.4, -0.2) is 24.6 Å². The van der Waals surface area contributed by atoms with Gasteiger partial charge in [0.05, 0.1) is 10.3 Å². The number of nitrogens with zero attached hydrogens (tertiary/aromatic N) is 2. The fourth-order valence-electron chi connectivity index (χ4n) is 2.38. The molecule has 0 atom stereocenters. The maximum absolute atomic E-state index is 11.9. The molecule has 120 valence electrons. The molecule has 0 aliphatic heterocycles. The summed E-state index contributed by atoms with van der Waals surface area (Å²) in [6, 6.07) is 8.99. The minimum Gasteiger partial charge on any atom is -0.365 e. The first-order chi connectivity index (χ1) is 11.0. The number of benzene rings is 1. The lowest BCUT2D eigenvalue weighted by Gasteiger charge is -2.11. The molecule has 0 aliphatic carbocycles. The van der Waals surface area contributed by atoms with Crippen LogP contribution in [0.1, 0.15) is 18.3 Å². The molecule has 0 saturated carbocycles. The van der Waals surface area contributed by atoms with Crippen molar-refractivity contribution in [2.75, 3.05) is 11.6 Å². The molecule has 23 heavy (non-hydrogen) atoms. The number of aryl methyl sites for hydroxylation is 1. The highest BCUT2D eigenvalue weighted by molar-refractivity contribution is 7.90. The Hall–Kier alpha value is -1.99. The first kappa shape index (κ1) is 15.9. The highest BCUT2D eigenvalue weighted by atomic mass is 32.2. The van der Waals surface area contributed by atoms with E-state index in [-0.39, 0.29) is 0 Å². The third-order valence-corrected chi connectivity index (χ3v) is 5.51. The minimum absolute atomic E-state index is 0.346. The summed E-state index contributed by atoms with van der Waals surface area (Å²) in [6.45, 7) is 2.41. The summed E-state index contributed by atoms with van der Waals surface area (Å²) >= 11 is 1.57. The Bertz CT molecular complexity index is 949. The predicted molar refractivity (Wildman–Crippen MR) is 93.7 cm³/mol. The summed E-state index contributed by atoms with van der Waals surface area (Å²) in [5.74, 6) is 1.52. The monoisotopic (exact) mass is 347 g/mol. The molecule has 0 spiro atoms. The summed E-state index contributed by atoms with van der Waals surface area (Å²) in [6.07, 6.45) is 1.98. The maximum Gasteiger partial charge on any atom is 0.175 e. The number of sulfone groups is 1. The van der Waals surface area contributed by atoms with Crippen molar-refractivity contribution in [2.45, 2.75) is 24.8 Å². The largest absolute Gasteiger partial charge is 0.365 e. The van der Waals surface area contributed by atoms with E-state index in [9.17, 15) is 8.42 Å². The van der Waals surface area contributed by atoms with Crippen LogP contribution in [0.4, 0.5) is 5.82 Å². The molecule has 2 aromatic heterocycles. The molecule has 3 aromatic rings. The molecule has 0 aliphatic rings. The molecule has 0 bridgehead atoms. The molecule has 0 fully saturated rings. The zero-order valence-corrected chi connectivity index (χ0v) is 14.5. The molecule has 0 unspecified atom stereocenters. The molecular weight excluding hydrogens is 330 g/mol. The molecule has 1 N–H and O–H groups in total. The second kappa shape index (κ2) is 6.25. The number of anilines is 1. The van der Waals surface area contributed by atoms with Gasteiger partial charge >= 0.3 is 0 Å². The average Bonchev–Trinajstić information content (AvgIpc) is 3.00. The van der Waals surface area contributed by atoms with Crippen molar-refractivity contribution in [1.82, 2.24) is 9.97 Å². The summed E-state index contributed by atoms with van der Waals surface area (Å²) in [7, 11) is -3.25. The van der Waals surface area contributed by atoms with Crippen LogP contribution >= 0.6 is 11.3 Å². The van der Waals surface area contributed by atoms with Crippen LogP contribution in [0.5, 0.6) is 0 Å². The summed E-state index contributed by atoms with van der Waals surface area (Å²) < 4.78 is 23.8. The van der Waals surface area contributed by atoms with Crippen molar-refractivity contribution >= 4 is 37.2 Å². The second-order valence-corrected chi connectivity index (χ2v) is 8.09. The number of hydrogen-bond donors (Lipinski definition) is 1. The van der Waals surface area contributed by atoms with Gasteiger partial charge in [0.15, 0.2) is 9.84 Å². The molecule has 5 nitrogen and oxygen atoms in total. The molecule has 1 aromatic carbocycles. The fraction of sp³-hybridized carbons (Fsp3) is 0.250. The van der Waals surface area contributed by atoms with Gasteiger partial charge in [-0.3, -0.25) is 0 Å². The predicted octanol–water partition coefficient (Wildman–Crippen LogP) is 3.27. The standard InChI is InChI=1S/C16H17N3O2S2/c1-3-14-18-15(12-8-9-22-16(12)19-14)17-10-11-6-4-5-7-13(11)23(2,20)21/h4-9H,3,10H2,1-2H3,(H,17,18,19). The van der Waals surface area contributed by atoms with E-state index in [1.54, 1.807) is 23.5 Å². The van der Waals surface area contributed by atoms with Gasteiger partial charge in [-0.05, 0) is 23.1 Å². The van der Waals surface area contributed by atoms with Crippen LogP contribution in [0.15, 0.2) is 40.6 Å². The van der Waals surface area contributed by atoms with E-state index in [0.717, 1.165) is 33.8 Å². The van der Waals surface area contributed by atoms with E-state index in [1.165, 1.54) is 6.26 Å². The number of rotatable bonds is 5. The van der Waals surface area contributed by atoms with E-state index in [4.69, 9.17) is 0 Å². The number of hydrogen-bond acceptors (Lipinski definition) is 6. The lowest BCUT2D eigenvalue weighted by Crippen LogP contribution is -2.08. The Labute approximate surface area is 139 Å². The Morgan fingerprint density at radius 1 is 1.17 bits per heavy atom. The fourth-order valence-corrected chi connectivity index (χ4v) is 4.11. The van der Waals surface area contributed by atoms with Crippen molar-refractivity contribution in [3.8, 4) is 0 Å². The van der Waals surface area contributed by atoms with Crippen LogP contribution in [-0.2, 0) is 22.8 Å². The third-order valence-electron chi connectivity index (χ3n) is 3.51. The molecule has 0 amide bonds. The van der Waals surface area contributed by atoms with E-state index >= 15 is 0 Å². The first-order valence-corrected chi connectivity index (χ1v) is 10.0. The normalized spacial score (nSPS) is 11.7. The van der Waals surface area contributed by atoms with Gasteiger partial charge in [0.2, 0.25) is 0 Å². The Balaban J connectivity index is 1.94. The highest BCUT2D eigenvalue weighted by Gasteiger charge is 2.13. The van der Waals surface area contributed by atoms with Crippen LogP contribution in [0.25, 0.3) is 10.2 Å². The highest BCUT2D eigenvalue weighted by Crippen LogP contribution is 2.26. The van der Waals surface area contributed by atoms with Gasteiger partial charge < -0.3 is 5.32 Å². The molecular formula is C16H17N3O2S2. The first-order valence-electron chi connectivity index (χ1n) is 7.25. The van der Waals surface area contributed by atoms with Crippen molar-refractivity contribution in [1.29, 1.82) is 0 Å². The minimum atomic E-state index is -3.25. The van der Waals surface area contributed by atoms with Crippen molar-refractivity contribution in [2.24, 2.45) is 0 Å². The van der Waals surface area contributed by atoms with Gasteiger partial charge in [0.1, 0.15) is 16.5 Å². The SMILES string of the molecule is CCc1nc(NCc2ccccc2S(C)(=O)=O)c2ccsc2n1. The summed E-state index contributed by atoms with van der Waals surface area (Å²) in [5, 5.41) is 6.21. The van der Waals surface area contributed by atoms with Gasteiger partial charge in [-0.15, -0.1) is 11.3 Å². The van der Waals surface area contributed by atoms with Gasteiger partial charge in [-0.2, -0.15) is 0 Å². The quantitative estimate of drug-likeness (QED) is 0.767. The van der Waals surface area contributed by atoms with Crippen molar-refractivity contribution < 1.29 is 8.42 Å². The topological polar surface area (TPSA) is 72.0 Å². The van der Waals surface area contributed by atoms with Gasteiger partial charge in [0, 0.05) is 19.2 Å². The molecule has 3 rings (SSSR count). The lowest BCUT2D eigenvalue weighted by molar-refractivity contribution is 0.601. The molecule has 2 heterocycles. The van der Waals surface area contributed by atoms with Gasteiger partial charge in [0.25, 0.3) is 0 Å². The number of fused-ring (bicyclic) bond motifs is 1. The second-order valence-electron chi connectivity index (χ2n) is 5.21. The van der Waals surface area contributed by atoms with E-state index in [1.807, 2.05) is 30.5 Å². The van der Waals surface area contributed by atoms with Crippen LogP contribution in [0, 0.1) is 0 Å². The van der Waals surface area contributed by atoms with Crippen LogP contribution in [0.3, 0.4) is 0 Å². The van der Waals surface area contributed by atoms with Gasteiger partial charge in [-0.25, -0.2) is 18.4 Å². The summed E-state index contributed by atoms with van der Waals surface area (Å²) in [4.78, 5) is 10.3. The number of aromatic nitrogens is 2. The van der Waals surface area contributed by atoms with E-state index < -0.39 is 9.84 Å².